The van der Waals surface area contributed by atoms with Gasteiger partial charge in [-0.25, -0.2) is 14.8 Å². The zero-order valence-corrected chi connectivity index (χ0v) is 13.3. The second-order valence-electron chi connectivity index (χ2n) is 6.40. The molecule has 1 saturated heterocycles. The average Bonchev–Trinajstić information content (AvgIpc) is 2.86. The van der Waals surface area contributed by atoms with Crippen molar-refractivity contribution in [3.63, 3.8) is 0 Å². The minimum atomic E-state index is -0.0386. The van der Waals surface area contributed by atoms with Crippen LogP contribution in [0.2, 0.25) is 0 Å². The van der Waals surface area contributed by atoms with E-state index in [9.17, 15) is 4.79 Å². The molecular weight excluding hydrogens is 280 g/mol. The summed E-state index contributed by atoms with van der Waals surface area (Å²) in [4.78, 5) is 22.9. The lowest BCUT2D eigenvalue weighted by Crippen LogP contribution is -2.41. The Hall–Kier alpha value is -1.69. The van der Waals surface area contributed by atoms with Gasteiger partial charge in [0.2, 0.25) is 0 Å². The fourth-order valence-corrected chi connectivity index (χ4v) is 3.88. The zero-order valence-electron chi connectivity index (χ0n) is 13.3. The van der Waals surface area contributed by atoms with Gasteiger partial charge in [-0.05, 0) is 24.7 Å². The van der Waals surface area contributed by atoms with Gasteiger partial charge in [0.15, 0.2) is 0 Å². The van der Waals surface area contributed by atoms with Crippen LogP contribution in [0.4, 0.5) is 10.6 Å². The van der Waals surface area contributed by atoms with Crippen LogP contribution in [0.1, 0.15) is 38.3 Å². The summed E-state index contributed by atoms with van der Waals surface area (Å²) in [6, 6.07) is 2.12. The van der Waals surface area contributed by atoms with Crippen LogP contribution < -0.4 is 5.32 Å². The van der Waals surface area contributed by atoms with E-state index < -0.39 is 0 Å². The predicted molar refractivity (Wildman–Crippen MR) is 83.4 cm³/mol. The maximum Gasteiger partial charge on any atom is 0.323 e. The molecular formula is C16H24N4O2. The van der Waals surface area contributed by atoms with E-state index in [0.717, 1.165) is 18.7 Å². The molecule has 3 rings (SSSR count). The van der Waals surface area contributed by atoms with Gasteiger partial charge in [0.25, 0.3) is 0 Å². The normalized spacial score (nSPS) is 27.5. The Balaban J connectivity index is 1.68. The van der Waals surface area contributed by atoms with Crippen LogP contribution in [-0.4, -0.2) is 40.6 Å². The van der Waals surface area contributed by atoms with Crippen molar-refractivity contribution in [2.45, 2.75) is 45.3 Å². The monoisotopic (exact) mass is 304 g/mol. The number of nitrogens with zero attached hydrogens (tertiary/aromatic N) is 3. The third-order valence-electron chi connectivity index (χ3n) is 4.91. The van der Waals surface area contributed by atoms with Gasteiger partial charge in [0.1, 0.15) is 12.1 Å². The van der Waals surface area contributed by atoms with E-state index in [2.05, 4.69) is 22.2 Å². The lowest BCUT2D eigenvalue weighted by molar-refractivity contribution is 0.179. The first kappa shape index (κ1) is 15.2. The van der Waals surface area contributed by atoms with Crippen LogP contribution in [-0.2, 0) is 11.3 Å². The highest BCUT2D eigenvalue weighted by Crippen LogP contribution is 2.39. The molecule has 6 nitrogen and oxygen atoms in total. The van der Waals surface area contributed by atoms with Crippen LogP contribution in [0.3, 0.4) is 0 Å². The molecule has 1 aromatic rings. The summed E-state index contributed by atoms with van der Waals surface area (Å²) in [6.07, 6.45) is 6.36. The summed E-state index contributed by atoms with van der Waals surface area (Å²) in [7, 11) is 1.62. The maximum atomic E-state index is 12.6. The molecule has 1 aromatic heterocycles. The third kappa shape index (κ3) is 3.06. The van der Waals surface area contributed by atoms with E-state index in [-0.39, 0.29) is 6.03 Å². The number of amides is 2. The fourth-order valence-electron chi connectivity index (χ4n) is 3.88. The van der Waals surface area contributed by atoms with E-state index >= 15 is 0 Å². The van der Waals surface area contributed by atoms with Gasteiger partial charge in [-0.3, -0.25) is 5.32 Å². The predicted octanol–water partition coefficient (Wildman–Crippen LogP) is 2.67. The first-order valence-electron chi connectivity index (χ1n) is 8.06. The summed E-state index contributed by atoms with van der Waals surface area (Å²) in [5.41, 5.74) is 0.762. The van der Waals surface area contributed by atoms with E-state index in [1.54, 1.807) is 13.2 Å². The Morgan fingerprint density at radius 1 is 1.41 bits per heavy atom. The van der Waals surface area contributed by atoms with E-state index in [0.29, 0.717) is 30.3 Å². The topological polar surface area (TPSA) is 67.3 Å². The Kier molecular flexibility index (Phi) is 4.57. The van der Waals surface area contributed by atoms with Crippen molar-refractivity contribution in [1.82, 2.24) is 14.9 Å². The molecule has 0 bridgehead atoms. The molecule has 120 valence electrons. The number of carbonyl (C=O) groups is 1. The number of nitrogens with one attached hydrogen (secondary N) is 1. The number of carbonyl (C=O) groups excluding carboxylic acids is 1. The van der Waals surface area contributed by atoms with Crippen molar-refractivity contribution in [1.29, 1.82) is 0 Å². The summed E-state index contributed by atoms with van der Waals surface area (Å²) in [5.74, 6) is 1.79. The average molecular weight is 304 g/mol. The molecule has 2 aliphatic rings. The molecule has 1 aliphatic heterocycles. The van der Waals surface area contributed by atoms with Gasteiger partial charge in [-0.1, -0.05) is 19.8 Å². The van der Waals surface area contributed by atoms with Crippen LogP contribution >= 0.6 is 0 Å². The van der Waals surface area contributed by atoms with E-state index in [1.165, 1.54) is 25.6 Å². The molecule has 1 aliphatic carbocycles. The number of rotatable bonds is 3. The quantitative estimate of drug-likeness (QED) is 0.932. The van der Waals surface area contributed by atoms with E-state index in [4.69, 9.17) is 4.74 Å². The highest BCUT2D eigenvalue weighted by atomic mass is 16.5. The van der Waals surface area contributed by atoms with Crippen LogP contribution in [0.25, 0.3) is 0 Å². The van der Waals surface area contributed by atoms with Gasteiger partial charge in [-0.15, -0.1) is 0 Å². The number of hydrogen-bond donors (Lipinski definition) is 1. The smallest absolute Gasteiger partial charge is 0.323 e. The highest BCUT2D eigenvalue weighted by Gasteiger charge is 2.42. The molecule has 1 N–H and O–H groups in total. The Morgan fingerprint density at radius 3 is 3.05 bits per heavy atom. The van der Waals surface area contributed by atoms with Gasteiger partial charge < -0.3 is 9.64 Å². The van der Waals surface area contributed by atoms with Crippen LogP contribution in [0, 0.1) is 11.8 Å². The number of anilines is 1. The molecule has 0 radical (unpaired) electrons. The Bertz CT molecular complexity index is 537. The standard InChI is InChI=1S/C16H24N4O2/c1-11-8-20(14-6-4-3-5-13(11)14)16(21)19-15-7-12(9-22-2)17-10-18-15/h7,10-11,13-14H,3-6,8-9H2,1-2H3,(H,17,18,19,21)/t11-,13+,14-/m0/s1. The van der Waals surface area contributed by atoms with Gasteiger partial charge in [-0.2, -0.15) is 0 Å². The number of urea groups is 1. The largest absolute Gasteiger partial charge is 0.378 e. The Labute approximate surface area is 131 Å². The summed E-state index contributed by atoms with van der Waals surface area (Å²) < 4.78 is 5.06. The zero-order chi connectivity index (χ0) is 15.5. The summed E-state index contributed by atoms with van der Waals surface area (Å²) >= 11 is 0. The first-order chi connectivity index (χ1) is 10.7. The maximum absolute atomic E-state index is 12.6. The van der Waals surface area contributed by atoms with Gasteiger partial charge >= 0.3 is 6.03 Å². The third-order valence-corrected chi connectivity index (χ3v) is 4.91. The lowest BCUT2D eigenvalue weighted by Gasteiger charge is -2.32. The molecule has 0 spiro atoms. The second-order valence-corrected chi connectivity index (χ2v) is 6.40. The van der Waals surface area contributed by atoms with Crippen LogP contribution in [0.15, 0.2) is 12.4 Å². The van der Waals surface area contributed by atoms with Gasteiger partial charge in [0, 0.05) is 25.8 Å². The molecule has 0 unspecified atom stereocenters. The van der Waals surface area contributed by atoms with Crippen molar-refractivity contribution in [3.05, 3.63) is 18.1 Å². The molecule has 6 heteroatoms. The Morgan fingerprint density at radius 2 is 2.23 bits per heavy atom. The fraction of sp³-hybridized carbons (Fsp3) is 0.688. The van der Waals surface area contributed by atoms with E-state index in [1.807, 2.05) is 4.90 Å². The summed E-state index contributed by atoms with van der Waals surface area (Å²) in [5, 5.41) is 2.92. The molecule has 2 heterocycles. The molecule has 2 fully saturated rings. The second kappa shape index (κ2) is 6.60. The lowest BCUT2D eigenvalue weighted by atomic mass is 9.80. The molecule has 2 amide bonds. The number of methoxy groups -OCH3 is 1. The van der Waals surface area contributed by atoms with Crippen molar-refractivity contribution in [3.8, 4) is 0 Å². The number of hydrogen-bond acceptors (Lipinski definition) is 4. The van der Waals surface area contributed by atoms with Crippen molar-refractivity contribution >= 4 is 11.8 Å². The number of fused-ring (bicyclic) bond motifs is 1. The number of ether oxygens (including phenoxy) is 1. The minimum absolute atomic E-state index is 0.0386. The SMILES string of the molecule is COCc1cc(NC(=O)N2C[C@H](C)[C@H]3CCCC[C@@H]32)ncn1. The number of likely N-dealkylation sites (tertiary alicyclic amines) is 1. The minimum Gasteiger partial charge on any atom is -0.378 e. The van der Waals surface area contributed by atoms with Crippen molar-refractivity contribution < 1.29 is 9.53 Å². The van der Waals surface area contributed by atoms with Crippen molar-refractivity contribution in [2.75, 3.05) is 19.0 Å². The molecule has 22 heavy (non-hydrogen) atoms. The molecule has 0 aromatic carbocycles. The van der Waals surface area contributed by atoms with Crippen LogP contribution in [0.5, 0.6) is 0 Å². The first-order valence-corrected chi connectivity index (χ1v) is 8.06. The summed E-state index contributed by atoms with van der Waals surface area (Å²) in [6.45, 7) is 3.52. The number of aromatic nitrogens is 2. The molecule has 1 saturated carbocycles. The molecule has 3 atom stereocenters. The van der Waals surface area contributed by atoms with Gasteiger partial charge in [0.05, 0.1) is 12.3 Å². The highest BCUT2D eigenvalue weighted by molar-refractivity contribution is 5.88. The van der Waals surface area contributed by atoms with Crippen molar-refractivity contribution in [2.24, 2.45) is 11.8 Å².